The second kappa shape index (κ2) is 8.12. The zero-order valence-corrected chi connectivity index (χ0v) is 11.2. The van der Waals surface area contributed by atoms with Crippen LogP contribution in [-0.2, 0) is 4.74 Å². The highest BCUT2D eigenvalue weighted by molar-refractivity contribution is 4.76. The van der Waals surface area contributed by atoms with E-state index >= 15 is 0 Å². The van der Waals surface area contributed by atoms with Crippen molar-refractivity contribution in [2.75, 3.05) is 19.7 Å². The van der Waals surface area contributed by atoms with Gasteiger partial charge in [0.05, 0.1) is 5.60 Å². The number of hydrogen-bond acceptors (Lipinski definition) is 2. The Bertz CT molecular complexity index is 147. The quantitative estimate of drug-likeness (QED) is 0.596. The first kappa shape index (κ1) is 14.9. The standard InChI is InChI=1S/C13H29NO/c1-6-9-14-11-13(5,7-2)15-10-8-12(3)4/h12,14H,6-11H2,1-5H3. The Morgan fingerprint density at radius 1 is 1.27 bits per heavy atom. The van der Waals surface area contributed by atoms with Gasteiger partial charge in [-0.15, -0.1) is 0 Å². The highest BCUT2D eigenvalue weighted by atomic mass is 16.5. The summed E-state index contributed by atoms with van der Waals surface area (Å²) in [5.74, 6) is 0.731. The maximum absolute atomic E-state index is 5.97. The van der Waals surface area contributed by atoms with Crippen molar-refractivity contribution in [2.24, 2.45) is 5.92 Å². The molecule has 92 valence electrons. The average Bonchev–Trinajstić information content (AvgIpc) is 2.18. The van der Waals surface area contributed by atoms with Gasteiger partial charge in [0.25, 0.3) is 0 Å². The van der Waals surface area contributed by atoms with Crippen LogP contribution in [0.5, 0.6) is 0 Å². The molecule has 1 unspecified atom stereocenters. The predicted octanol–water partition coefficient (Wildman–Crippen LogP) is 3.22. The molecule has 2 heteroatoms. The van der Waals surface area contributed by atoms with Gasteiger partial charge in [0.15, 0.2) is 0 Å². The first-order valence-electron chi connectivity index (χ1n) is 6.38. The summed E-state index contributed by atoms with van der Waals surface area (Å²) in [5, 5.41) is 3.44. The second-order valence-electron chi connectivity index (χ2n) is 5.01. The van der Waals surface area contributed by atoms with E-state index < -0.39 is 0 Å². The molecule has 0 aliphatic rings. The van der Waals surface area contributed by atoms with Crippen molar-refractivity contribution in [3.05, 3.63) is 0 Å². The van der Waals surface area contributed by atoms with Gasteiger partial charge in [0.1, 0.15) is 0 Å². The molecule has 15 heavy (non-hydrogen) atoms. The lowest BCUT2D eigenvalue weighted by Crippen LogP contribution is -2.40. The monoisotopic (exact) mass is 215 g/mol. The van der Waals surface area contributed by atoms with Crippen molar-refractivity contribution in [1.29, 1.82) is 0 Å². The topological polar surface area (TPSA) is 21.3 Å². The Morgan fingerprint density at radius 3 is 2.40 bits per heavy atom. The van der Waals surface area contributed by atoms with Gasteiger partial charge >= 0.3 is 0 Å². The van der Waals surface area contributed by atoms with Gasteiger partial charge in [-0.25, -0.2) is 0 Å². The lowest BCUT2D eigenvalue weighted by molar-refractivity contribution is -0.0370. The average molecular weight is 215 g/mol. The largest absolute Gasteiger partial charge is 0.374 e. The molecule has 0 radical (unpaired) electrons. The van der Waals surface area contributed by atoms with E-state index in [0.717, 1.165) is 38.5 Å². The maximum Gasteiger partial charge on any atom is 0.0775 e. The van der Waals surface area contributed by atoms with Crippen LogP contribution in [0.2, 0.25) is 0 Å². The molecule has 0 saturated heterocycles. The van der Waals surface area contributed by atoms with Crippen LogP contribution in [0, 0.1) is 5.92 Å². The van der Waals surface area contributed by atoms with E-state index in [1.54, 1.807) is 0 Å². The van der Waals surface area contributed by atoms with Crippen molar-refractivity contribution >= 4 is 0 Å². The summed E-state index contributed by atoms with van der Waals surface area (Å²) in [4.78, 5) is 0. The molecular weight excluding hydrogens is 186 g/mol. The Kier molecular flexibility index (Phi) is 8.07. The van der Waals surface area contributed by atoms with Gasteiger partial charge in [-0.05, 0) is 38.6 Å². The molecule has 0 spiro atoms. The van der Waals surface area contributed by atoms with E-state index in [2.05, 4.69) is 39.9 Å². The lowest BCUT2D eigenvalue weighted by atomic mass is 10.0. The summed E-state index contributed by atoms with van der Waals surface area (Å²) >= 11 is 0. The molecular formula is C13H29NO. The molecule has 0 aliphatic heterocycles. The smallest absolute Gasteiger partial charge is 0.0775 e. The van der Waals surface area contributed by atoms with Crippen LogP contribution in [0.4, 0.5) is 0 Å². The van der Waals surface area contributed by atoms with Gasteiger partial charge in [-0.2, -0.15) is 0 Å². The van der Waals surface area contributed by atoms with Crippen molar-refractivity contribution in [1.82, 2.24) is 5.32 Å². The van der Waals surface area contributed by atoms with Gasteiger partial charge in [-0.1, -0.05) is 27.7 Å². The molecule has 0 aliphatic carbocycles. The fourth-order valence-corrected chi connectivity index (χ4v) is 1.35. The second-order valence-corrected chi connectivity index (χ2v) is 5.01. The van der Waals surface area contributed by atoms with Gasteiger partial charge < -0.3 is 10.1 Å². The van der Waals surface area contributed by atoms with E-state index in [9.17, 15) is 0 Å². The van der Waals surface area contributed by atoms with Crippen molar-refractivity contribution < 1.29 is 4.74 Å². The summed E-state index contributed by atoms with van der Waals surface area (Å²) in [7, 11) is 0. The number of nitrogens with one attached hydrogen (secondary N) is 1. The summed E-state index contributed by atoms with van der Waals surface area (Å²) < 4.78 is 5.97. The molecule has 1 atom stereocenters. The molecule has 2 nitrogen and oxygen atoms in total. The third-order valence-electron chi connectivity index (χ3n) is 2.82. The van der Waals surface area contributed by atoms with Crippen LogP contribution < -0.4 is 5.32 Å². The molecule has 0 rings (SSSR count). The molecule has 1 N–H and O–H groups in total. The highest BCUT2D eigenvalue weighted by Gasteiger charge is 2.21. The van der Waals surface area contributed by atoms with E-state index in [1.165, 1.54) is 6.42 Å². The number of hydrogen-bond donors (Lipinski definition) is 1. The van der Waals surface area contributed by atoms with E-state index in [0.29, 0.717) is 0 Å². The minimum absolute atomic E-state index is 0.0179. The molecule has 0 aromatic carbocycles. The Morgan fingerprint density at radius 2 is 1.93 bits per heavy atom. The highest BCUT2D eigenvalue weighted by Crippen LogP contribution is 2.15. The molecule has 0 aromatic heterocycles. The molecule has 0 bridgehead atoms. The van der Waals surface area contributed by atoms with Crippen LogP contribution in [0.1, 0.15) is 53.9 Å². The van der Waals surface area contributed by atoms with Crippen molar-refractivity contribution in [3.63, 3.8) is 0 Å². The first-order chi connectivity index (χ1) is 7.04. The fourth-order valence-electron chi connectivity index (χ4n) is 1.35. The number of ether oxygens (including phenoxy) is 1. The summed E-state index contributed by atoms with van der Waals surface area (Å²) in [6.07, 6.45) is 3.41. The molecule has 0 fully saturated rings. The number of rotatable bonds is 9. The maximum atomic E-state index is 5.97. The summed E-state index contributed by atoms with van der Waals surface area (Å²) in [5.41, 5.74) is 0.0179. The van der Waals surface area contributed by atoms with Crippen LogP contribution in [0.25, 0.3) is 0 Å². The van der Waals surface area contributed by atoms with Crippen LogP contribution in [0.3, 0.4) is 0 Å². The minimum atomic E-state index is 0.0179. The molecule has 0 heterocycles. The van der Waals surface area contributed by atoms with Gasteiger partial charge in [0, 0.05) is 13.2 Å². The zero-order chi connectivity index (χ0) is 11.7. The van der Waals surface area contributed by atoms with Gasteiger partial charge in [-0.3, -0.25) is 0 Å². The van der Waals surface area contributed by atoms with Crippen molar-refractivity contribution in [3.8, 4) is 0 Å². The van der Waals surface area contributed by atoms with E-state index in [-0.39, 0.29) is 5.60 Å². The molecule has 0 saturated carbocycles. The van der Waals surface area contributed by atoms with Crippen molar-refractivity contribution in [2.45, 2.75) is 59.5 Å². The molecule has 0 amide bonds. The molecule has 0 aromatic rings. The first-order valence-corrected chi connectivity index (χ1v) is 6.38. The minimum Gasteiger partial charge on any atom is -0.374 e. The van der Waals surface area contributed by atoms with E-state index in [4.69, 9.17) is 4.74 Å². The Labute approximate surface area is 95.8 Å². The fraction of sp³-hybridized carbons (Fsp3) is 1.00. The zero-order valence-electron chi connectivity index (χ0n) is 11.2. The SMILES string of the molecule is CCCNCC(C)(CC)OCCC(C)C. The normalized spacial score (nSPS) is 15.6. The van der Waals surface area contributed by atoms with Crippen LogP contribution >= 0.6 is 0 Å². The summed E-state index contributed by atoms with van der Waals surface area (Å²) in [6.45, 7) is 14.0. The van der Waals surface area contributed by atoms with Gasteiger partial charge in [0.2, 0.25) is 0 Å². The third-order valence-corrected chi connectivity index (χ3v) is 2.82. The van der Waals surface area contributed by atoms with Crippen LogP contribution in [0.15, 0.2) is 0 Å². The summed E-state index contributed by atoms with van der Waals surface area (Å²) in [6, 6.07) is 0. The van der Waals surface area contributed by atoms with Crippen LogP contribution in [-0.4, -0.2) is 25.3 Å². The van der Waals surface area contributed by atoms with E-state index in [1.807, 2.05) is 0 Å². The Hall–Kier alpha value is -0.0800. The third kappa shape index (κ3) is 7.80. The Balaban J connectivity index is 3.74. The lowest BCUT2D eigenvalue weighted by Gasteiger charge is -2.29. The predicted molar refractivity (Wildman–Crippen MR) is 67.3 cm³/mol.